The van der Waals surface area contributed by atoms with Crippen molar-refractivity contribution in [3.63, 3.8) is 0 Å². The fraction of sp³-hybridized carbons (Fsp3) is 0.448. The number of hydrogen-bond donors (Lipinski definition) is 2. The number of H-pyrrole nitrogens is 1. The lowest BCUT2D eigenvalue weighted by atomic mass is 9.68. The summed E-state index contributed by atoms with van der Waals surface area (Å²) in [7, 11) is 1.65. The van der Waals surface area contributed by atoms with Crippen LogP contribution in [0.1, 0.15) is 59.8 Å². The van der Waals surface area contributed by atoms with Crippen LogP contribution in [-0.2, 0) is 10.2 Å². The highest BCUT2D eigenvalue weighted by atomic mass is 16.5. The second-order valence-electron chi connectivity index (χ2n) is 10.6. The van der Waals surface area contributed by atoms with E-state index in [1.165, 1.54) is 18.4 Å². The number of nitrogens with zero attached hydrogens (tertiary/aromatic N) is 2. The number of carbonyl (C=O) groups is 2. The lowest BCUT2D eigenvalue weighted by Crippen LogP contribution is -2.55. The van der Waals surface area contributed by atoms with E-state index >= 15 is 0 Å². The molecule has 0 bridgehead atoms. The molecule has 6 rings (SSSR count). The normalized spacial score (nSPS) is 21.0. The number of rotatable bonds is 5. The van der Waals surface area contributed by atoms with Crippen LogP contribution in [0.2, 0.25) is 0 Å². The van der Waals surface area contributed by atoms with Crippen LogP contribution < -0.4 is 4.74 Å². The third-order valence-electron chi connectivity index (χ3n) is 8.44. The minimum absolute atomic E-state index is 0.0804. The second kappa shape index (κ2) is 8.96. The zero-order valence-electron chi connectivity index (χ0n) is 20.7. The molecule has 1 atom stereocenters. The molecule has 7 heteroatoms. The smallest absolute Gasteiger partial charge is 0.254 e. The first-order valence-electron chi connectivity index (χ1n) is 13.0. The molecule has 1 aliphatic carbocycles. The summed E-state index contributed by atoms with van der Waals surface area (Å²) in [5, 5.41) is 11.6. The molecular formula is C29H33N3O4. The van der Waals surface area contributed by atoms with Crippen molar-refractivity contribution in [3.05, 3.63) is 65.4 Å². The van der Waals surface area contributed by atoms with Crippen LogP contribution >= 0.6 is 0 Å². The maximum absolute atomic E-state index is 13.7. The number of hydrogen-bond acceptors (Lipinski definition) is 4. The van der Waals surface area contributed by atoms with E-state index in [4.69, 9.17) is 4.74 Å². The summed E-state index contributed by atoms with van der Waals surface area (Å²) < 4.78 is 5.46. The molecular weight excluding hydrogens is 454 g/mol. The third kappa shape index (κ3) is 3.86. The van der Waals surface area contributed by atoms with Gasteiger partial charge in [-0.15, -0.1) is 0 Å². The van der Waals surface area contributed by atoms with Gasteiger partial charge in [0.05, 0.1) is 19.8 Å². The number of carbonyl (C=O) groups excluding carboxylic acids is 2. The first-order valence-corrected chi connectivity index (χ1v) is 13.0. The zero-order valence-corrected chi connectivity index (χ0v) is 20.7. The highest BCUT2D eigenvalue weighted by molar-refractivity contribution is 5.96. The Hall–Kier alpha value is -3.32. The molecule has 0 unspecified atom stereocenters. The van der Waals surface area contributed by atoms with Crippen molar-refractivity contribution in [1.29, 1.82) is 0 Å². The second-order valence-corrected chi connectivity index (χ2v) is 10.6. The number of benzene rings is 2. The summed E-state index contributed by atoms with van der Waals surface area (Å²) in [4.78, 5) is 34.0. The lowest BCUT2D eigenvalue weighted by Gasteiger charge is -2.50. The van der Waals surface area contributed by atoms with Crippen molar-refractivity contribution in [2.45, 2.75) is 43.6 Å². The first kappa shape index (κ1) is 23.1. The van der Waals surface area contributed by atoms with Crippen LogP contribution in [0, 0.1) is 5.92 Å². The van der Waals surface area contributed by atoms with Crippen LogP contribution in [0.15, 0.2) is 48.5 Å². The first-order chi connectivity index (χ1) is 17.5. The van der Waals surface area contributed by atoms with Gasteiger partial charge >= 0.3 is 0 Å². The summed E-state index contributed by atoms with van der Waals surface area (Å²) >= 11 is 0. The molecule has 188 valence electrons. The largest absolute Gasteiger partial charge is 0.497 e. The Morgan fingerprint density at radius 2 is 1.86 bits per heavy atom. The van der Waals surface area contributed by atoms with E-state index in [2.05, 4.69) is 11.1 Å². The van der Waals surface area contributed by atoms with Crippen molar-refractivity contribution in [2.75, 3.05) is 33.4 Å². The van der Waals surface area contributed by atoms with E-state index in [-0.39, 0.29) is 23.8 Å². The minimum Gasteiger partial charge on any atom is -0.497 e. The van der Waals surface area contributed by atoms with Gasteiger partial charge in [0.25, 0.3) is 5.91 Å². The van der Waals surface area contributed by atoms with Crippen molar-refractivity contribution in [2.24, 2.45) is 5.92 Å². The maximum atomic E-state index is 13.7. The van der Waals surface area contributed by atoms with E-state index < -0.39 is 6.04 Å². The number of ether oxygens (including phenoxy) is 1. The monoisotopic (exact) mass is 487 g/mol. The molecule has 2 aromatic carbocycles. The Labute approximate surface area is 211 Å². The number of aliphatic hydroxyl groups is 1. The Kier molecular flexibility index (Phi) is 5.75. The van der Waals surface area contributed by atoms with Gasteiger partial charge in [0.15, 0.2) is 0 Å². The van der Waals surface area contributed by atoms with Crippen molar-refractivity contribution < 1.29 is 19.4 Å². The lowest BCUT2D eigenvalue weighted by molar-refractivity contribution is -0.133. The Morgan fingerprint density at radius 1 is 1.11 bits per heavy atom. The highest BCUT2D eigenvalue weighted by Crippen LogP contribution is 2.49. The van der Waals surface area contributed by atoms with E-state index in [9.17, 15) is 14.7 Å². The van der Waals surface area contributed by atoms with Crippen LogP contribution in [0.5, 0.6) is 5.75 Å². The van der Waals surface area contributed by atoms with Gasteiger partial charge in [0.1, 0.15) is 5.75 Å². The molecule has 0 radical (unpaired) electrons. The molecule has 2 aliphatic heterocycles. The molecule has 1 aromatic heterocycles. The van der Waals surface area contributed by atoms with Crippen LogP contribution in [-0.4, -0.2) is 65.1 Å². The number of fused-ring (bicyclic) bond motifs is 4. The fourth-order valence-electron chi connectivity index (χ4n) is 6.26. The topological polar surface area (TPSA) is 85.9 Å². The van der Waals surface area contributed by atoms with Gasteiger partial charge in [0.2, 0.25) is 5.91 Å². The van der Waals surface area contributed by atoms with Gasteiger partial charge in [-0.2, -0.15) is 0 Å². The molecule has 1 saturated carbocycles. The van der Waals surface area contributed by atoms with E-state index in [1.54, 1.807) is 7.11 Å². The summed E-state index contributed by atoms with van der Waals surface area (Å²) in [6.45, 7) is 1.72. The number of methoxy groups -OCH3 is 1. The summed E-state index contributed by atoms with van der Waals surface area (Å²) in [5.74, 6) is 1.51. The molecule has 1 spiro atoms. The SMILES string of the molecule is COc1ccc2c3c([nH]c2c1)[C@@H](CO)N(C(=O)c1ccccc1)CC31CCN(C(=O)CC2CC2)CC1. The molecule has 2 amide bonds. The average Bonchev–Trinajstić information content (AvgIpc) is 3.65. The average molecular weight is 488 g/mol. The highest BCUT2D eigenvalue weighted by Gasteiger charge is 2.49. The number of likely N-dealkylation sites (tertiary alicyclic amines) is 1. The molecule has 36 heavy (non-hydrogen) atoms. The van der Waals surface area contributed by atoms with Gasteiger partial charge in [-0.1, -0.05) is 18.2 Å². The zero-order chi connectivity index (χ0) is 24.9. The van der Waals surface area contributed by atoms with Crippen molar-refractivity contribution >= 4 is 22.7 Å². The number of piperidine rings is 1. The molecule has 7 nitrogen and oxygen atoms in total. The van der Waals surface area contributed by atoms with Crippen LogP contribution in [0.3, 0.4) is 0 Å². The van der Waals surface area contributed by atoms with Crippen molar-refractivity contribution in [1.82, 2.24) is 14.8 Å². The predicted octanol–water partition coefficient (Wildman–Crippen LogP) is 4.03. The Morgan fingerprint density at radius 3 is 2.53 bits per heavy atom. The summed E-state index contributed by atoms with van der Waals surface area (Å²) in [6.07, 6.45) is 4.57. The van der Waals surface area contributed by atoms with Crippen LogP contribution in [0.25, 0.3) is 10.9 Å². The summed E-state index contributed by atoms with van der Waals surface area (Å²) in [5.41, 5.74) is 3.34. The summed E-state index contributed by atoms with van der Waals surface area (Å²) in [6, 6.07) is 14.8. The van der Waals surface area contributed by atoms with Gasteiger partial charge in [0, 0.05) is 59.7 Å². The predicted molar refractivity (Wildman–Crippen MR) is 137 cm³/mol. The number of amides is 2. The Bertz CT molecular complexity index is 1290. The van der Waals surface area contributed by atoms with Gasteiger partial charge in [-0.05, 0) is 61.4 Å². The molecule has 3 aromatic rings. The van der Waals surface area contributed by atoms with Crippen LogP contribution in [0.4, 0.5) is 0 Å². The van der Waals surface area contributed by atoms with E-state index in [1.807, 2.05) is 52.3 Å². The van der Waals surface area contributed by atoms with E-state index in [0.717, 1.165) is 35.2 Å². The number of nitrogens with one attached hydrogen (secondary N) is 1. The van der Waals surface area contributed by atoms with Crippen molar-refractivity contribution in [3.8, 4) is 5.75 Å². The molecule has 2 N–H and O–H groups in total. The minimum atomic E-state index is -0.466. The van der Waals surface area contributed by atoms with Gasteiger partial charge in [-0.25, -0.2) is 0 Å². The van der Waals surface area contributed by atoms with Gasteiger partial charge in [-0.3, -0.25) is 9.59 Å². The third-order valence-corrected chi connectivity index (χ3v) is 8.44. The Balaban J connectivity index is 1.41. The molecule has 3 heterocycles. The quantitative estimate of drug-likeness (QED) is 0.569. The standard InChI is InChI=1S/C29H33N3O4/c1-36-21-9-10-22-23(16-21)30-27-24(17-33)32(28(35)20-5-3-2-4-6-20)18-29(26(22)27)11-13-31(14-12-29)25(34)15-19-7-8-19/h2-6,9-10,16,19,24,30,33H,7-8,11-15,17-18H2,1H3/t24-/m1/s1. The molecule has 2 fully saturated rings. The number of aromatic nitrogens is 1. The molecule has 3 aliphatic rings. The number of aromatic amines is 1. The fourth-order valence-corrected chi connectivity index (χ4v) is 6.26. The number of aliphatic hydroxyl groups excluding tert-OH is 1. The van der Waals surface area contributed by atoms with Gasteiger partial charge < -0.3 is 24.6 Å². The maximum Gasteiger partial charge on any atom is 0.254 e. The van der Waals surface area contributed by atoms with E-state index in [0.29, 0.717) is 37.5 Å². The molecule has 1 saturated heterocycles.